The molecule has 1 fully saturated rings. The molecule has 158 valence electrons. The molecule has 1 aliphatic rings. The number of amides is 1. The number of methoxy groups -OCH3 is 1. The van der Waals surface area contributed by atoms with Gasteiger partial charge in [-0.25, -0.2) is 0 Å². The number of benzene rings is 2. The number of hydrogen-bond acceptors (Lipinski definition) is 6. The summed E-state index contributed by atoms with van der Waals surface area (Å²) in [5.41, 5.74) is 0.602. The Labute approximate surface area is 194 Å². The van der Waals surface area contributed by atoms with Gasteiger partial charge in [0.1, 0.15) is 34.8 Å². The lowest BCUT2D eigenvalue weighted by Gasteiger charge is -2.13. The van der Waals surface area contributed by atoms with Gasteiger partial charge in [-0.1, -0.05) is 53.2 Å². The fourth-order valence-electron chi connectivity index (χ4n) is 2.75. The van der Waals surface area contributed by atoms with Gasteiger partial charge in [-0.05, 0) is 37.3 Å². The first-order chi connectivity index (χ1) is 14.4. The van der Waals surface area contributed by atoms with Gasteiger partial charge in [0.05, 0.1) is 17.0 Å². The van der Waals surface area contributed by atoms with Crippen LogP contribution >= 0.6 is 47.2 Å². The Morgan fingerprint density at radius 1 is 1.13 bits per heavy atom. The van der Waals surface area contributed by atoms with Crippen molar-refractivity contribution in [2.24, 2.45) is 0 Å². The number of carbonyl (C=O) groups excluding carboxylic acids is 1. The van der Waals surface area contributed by atoms with Gasteiger partial charge in [0.2, 0.25) is 0 Å². The number of halogens is 2. The Balaban J connectivity index is 1.73. The maximum absolute atomic E-state index is 12.5. The number of thioether (sulfide) groups is 1. The maximum Gasteiger partial charge on any atom is 0.266 e. The summed E-state index contributed by atoms with van der Waals surface area (Å²) in [5.74, 6) is 1.66. The molecular weight excluding hydrogens is 465 g/mol. The molecule has 1 amide bonds. The van der Waals surface area contributed by atoms with Crippen LogP contribution in [0.2, 0.25) is 10.0 Å². The van der Waals surface area contributed by atoms with E-state index in [-0.39, 0.29) is 12.5 Å². The van der Waals surface area contributed by atoms with Gasteiger partial charge in [-0.15, -0.1) is 0 Å². The Bertz CT molecular complexity index is 997. The smallest absolute Gasteiger partial charge is 0.266 e. The summed E-state index contributed by atoms with van der Waals surface area (Å²) in [5, 5.41) is 0.790. The van der Waals surface area contributed by atoms with Crippen molar-refractivity contribution in [1.29, 1.82) is 0 Å². The molecule has 1 saturated heterocycles. The highest BCUT2D eigenvalue weighted by molar-refractivity contribution is 8.26. The quantitative estimate of drug-likeness (QED) is 0.273. The molecule has 9 heteroatoms. The lowest BCUT2D eigenvalue weighted by atomic mass is 10.1. The minimum atomic E-state index is -0.143. The molecule has 3 rings (SSSR count). The van der Waals surface area contributed by atoms with E-state index in [9.17, 15) is 4.79 Å². The number of nitrogens with zero attached hydrogens (tertiary/aromatic N) is 1. The molecule has 0 N–H and O–H groups in total. The minimum absolute atomic E-state index is 0.143. The number of likely N-dealkylation sites (N-methyl/N-ethyl adjacent to an activating group) is 1. The van der Waals surface area contributed by atoms with Crippen LogP contribution in [0.1, 0.15) is 12.5 Å². The highest BCUT2D eigenvalue weighted by Crippen LogP contribution is 2.38. The largest absolute Gasteiger partial charge is 0.497 e. The first-order valence-corrected chi connectivity index (χ1v) is 11.0. The predicted octanol–water partition coefficient (Wildman–Crippen LogP) is 5.68. The maximum atomic E-state index is 12.5. The summed E-state index contributed by atoms with van der Waals surface area (Å²) in [6, 6.07) is 10.6. The van der Waals surface area contributed by atoms with Crippen LogP contribution in [-0.2, 0) is 4.79 Å². The number of carbonyl (C=O) groups is 1. The van der Waals surface area contributed by atoms with Crippen molar-refractivity contribution < 1.29 is 19.0 Å². The van der Waals surface area contributed by atoms with Gasteiger partial charge in [-0.3, -0.25) is 9.69 Å². The average molecular weight is 484 g/mol. The second-order valence-corrected chi connectivity index (χ2v) is 8.63. The summed E-state index contributed by atoms with van der Waals surface area (Å²) in [6.07, 6.45) is 1.70. The summed E-state index contributed by atoms with van der Waals surface area (Å²) >= 11 is 19.0. The van der Waals surface area contributed by atoms with E-state index in [0.717, 1.165) is 0 Å². The van der Waals surface area contributed by atoms with Crippen LogP contribution in [-0.4, -0.2) is 42.0 Å². The second-order valence-electron chi connectivity index (χ2n) is 6.11. The molecule has 1 heterocycles. The number of hydrogen-bond donors (Lipinski definition) is 0. The van der Waals surface area contributed by atoms with Gasteiger partial charge < -0.3 is 14.2 Å². The van der Waals surface area contributed by atoms with Crippen molar-refractivity contribution in [2.45, 2.75) is 6.92 Å². The van der Waals surface area contributed by atoms with E-state index in [1.165, 1.54) is 11.8 Å². The van der Waals surface area contributed by atoms with E-state index < -0.39 is 0 Å². The summed E-state index contributed by atoms with van der Waals surface area (Å²) in [7, 11) is 1.60. The highest BCUT2D eigenvalue weighted by atomic mass is 35.5. The fourth-order valence-corrected chi connectivity index (χ4v) is 4.69. The molecule has 0 radical (unpaired) electrons. The van der Waals surface area contributed by atoms with E-state index >= 15 is 0 Å². The van der Waals surface area contributed by atoms with Crippen LogP contribution in [0.15, 0.2) is 41.3 Å². The SMILES string of the molecule is CCN1C(=O)/C(=C\c2cc(Cl)cc(Cl)c2OCCOc2cccc(OC)c2)SC1=S. The van der Waals surface area contributed by atoms with Gasteiger partial charge >= 0.3 is 0 Å². The molecule has 0 aromatic heterocycles. The molecule has 0 saturated carbocycles. The summed E-state index contributed by atoms with van der Waals surface area (Å²) < 4.78 is 17.3. The monoisotopic (exact) mass is 483 g/mol. The number of rotatable bonds is 8. The van der Waals surface area contributed by atoms with Gasteiger partial charge in [-0.2, -0.15) is 0 Å². The van der Waals surface area contributed by atoms with Gasteiger partial charge in [0.25, 0.3) is 5.91 Å². The van der Waals surface area contributed by atoms with Crippen molar-refractivity contribution in [2.75, 3.05) is 26.9 Å². The zero-order valence-corrected chi connectivity index (χ0v) is 19.5. The molecule has 2 aromatic rings. The van der Waals surface area contributed by atoms with Crippen molar-refractivity contribution in [3.05, 3.63) is 56.9 Å². The lowest BCUT2D eigenvalue weighted by Crippen LogP contribution is -2.27. The summed E-state index contributed by atoms with van der Waals surface area (Å²) in [6.45, 7) is 2.93. The van der Waals surface area contributed by atoms with Crippen molar-refractivity contribution in [1.82, 2.24) is 4.90 Å². The van der Waals surface area contributed by atoms with E-state index in [4.69, 9.17) is 49.6 Å². The Hall–Kier alpha value is -1.93. The van der Waals surface area contributed by atoms with E-state index in [1.807, 2.05) is 25.1 Å². The van der Waals surface area contributed by atoms with Crippen LogP contribution in [0, 0.1) is 0 Å². The first kappa shape index (κ1) is 22.7. The minimum Gasteiger partial charge on any atom is -0.497 e. The van der Waals surface area contributed by atoms with Gasteiger partial charge in [0.15, 0.2) is 0 Å². The fraction of sp³-hybridized carbons (Fsp3) is 0.238. The number of thiocarbonyl (C=S) groups is 1. The molecule has 0 spiro atoms. The average Bonchev–Trinajstić information content (AvgIpc) is 2.99. The number of ether oxygens (including phenoxy) is 3. The normalized spacial score (nSPS) is 15.1. The Kier molecular flexibility index (Phi) is 7.88. The third kappa shape index (κ3) is 5.40. The molecular formula is C21H19Cl2NO4S2. The highest BCUT2D eigenvalue weighted by Gasteiger charge is 2.31. The topological polar surface area (TPSA) is 48.0 Å². The zero-order valence-electron chi connectivity index (χ0n) is 16.3. The molecule has 0 aliphatic carbocycles. The predicted molar refractivity (Wildman–Crippen MR) is 126 cm³/mol. The molecule has 1 aliphatic heterocycles. The molecule has 2 aromatic carbocycles. The van der Waals surface area contributed by atoms with Crippen LogP contribution in [0.4, 0.5) is 0 Å². The molecule has 0 unspecified atom stereocenters. The Morgan fingerprint density at radius 3 is 2.57 bits per heavy atom. The van der Waals surface area contributed by atoms with Gasteiger partial charge in [0, 0.05) is 23.2 Å². The van der Waals surface area contributed by atoms with Crippen molar-refractivity contribution in [3.8, 4) is 17.2 Å². The Morgan fingerprint density at radius 2 is 1.87 bits per heavy atom. The van der Waals surface area contributed by atoms with Crippen molar-refractivity contribution in [3.63, 3.8) is 0 Å². The van der Waals surface area contributed by atoms with Crippen molar-refractivity contribution >= 4 is 63.5 Å². The van der Waals surface area contributed by atoms with Crippen LogP contribution in [0.3, 0.4) is 0 Å². The second kappa shape index (κ2) is 10.4. The molecule has 30 heavy (non-hydrogen) atoms. The zero-order chi connectivity index (χ0) is 21.7. The standard InChI is InChI=1S/C21H19Cl2NO4S2/c1-3-24-20(25)18(30-21(24)29)10-13-9-14(22)11-17(23)19(13)28-8-7-27-16-6-4-5-15(12-16)26-2/h4-6,9-12H,3,7-8H2,1-2H3/b18-10+. The van der Waals surface area contributed by atoms with Crippen LogP contribution in [0.5, 0.6) is 17.2 Å². The van der Waals surface area contributed by atoms with Crippen LogP contribution in [0.25, 0.3) is 6.08 Å². The van der Waals surface area contributed by atoms with Crippen LogP contribution < -0.4 is 14.2 Å². The molecule has 5 nitrogen and oxygen atoms in total. The molecule has 0 atom stereocenters. The first-order valence-electron chi connectivity index (χ1n) is 9.07. The third-order valence-corrected chi connectivity index (χ3v) is 6.03. The van der Waals surface area contributed by atoms with E-state index in [0.29, 0.717) is 55.2 Å². The van der Waals surface area contributed by atoms with E-state index in [1.54, 1.807) is 36.3 Å². The van der Waals surface area contributed by atoms with E-state index in [2.05, 4.69) is 0 Å². The lowest BCUT2D eigenvalue weighted by molar-refractivity contribution is -0.121. The third-order valence-electron chi connectivity index (χ3n) is 4.15. The summed E-state index contributed by atoms with van der Waals surface area (Å²) in [4.78, 5) is 14.6. The molecule has 0 bridgehead atoms.